The standard InChI is InChI=1S/C9H7IS3/c1-12-9-8(10)6-4-5(11)2-3-7(6)13-9/h2-4,11H,1H3. The second-order valence-corrected chi connectivity index (χ2v) is 6.31. The first-order chi connectivity index (χ1) is 6.22. The van der Waals surface area contributed by atoms with Crippen LogP contribution in [-0.4, -0.2) is 6.26 Å². The number of rotatable bonds is 1. The van der Waals surface area contributed by atoms with Crippen molar-refractivity contribution in [3.8, 4) is 0 Å². The summed E-state index contributed by atoms with van der Waals surface area (Å²) in [5, 5.41) is 1.34. The van der Waals surface area contributed by atoms with Crippen LogP contribution in [0.5, 0.6) is 0 Å². The predicted octanol–water partition coefficient (Wildman–Crippen LogP) is 4.52. The Bertz CT molecular complexity index is 447. The zero-order chi connectivity index (χ0) is 9.42. The highest BCUT2D eigenvalue weighted by atomic mass is 127. The Labute approximate surface area is 105 Å². The highest BCUT2D eigenvalue weighted by molar-refractivity contribution is 14.1. The number of thiophene rings is 1. The minimum atomic E-state index is 1.04. The van der Waals surface area contributed by atoms with Gasteiger partial charge in [-0.3, -0.25) is 0 Å². The number of halogens is 1. The van der Waals surface area contributed by atoms with E-state index in [1.807, 2.05) is 29.2 Å². The summed E-state index contributed by atoms with van der Waals surface area (Å²) in [6, 6.07) is 6.32. The largest absolute Gasteiger partial charge is 0.143 e. The van der Waals surface area contributed by atoms with Crippen LogP contribution in [0.15, 0.2) is 27.3 Å². The van der Waals surface area contributed by atoms with Crippen molar-refractivity contribution in [2.45, 2.75) is 9.10 Å². The summed E-state index contributed by atoms with van der Waals surface area (Å²) in [4.78, 5) is 1.04. The Kier molecular flexibility index (Phi) is 3.12. The van der Waals surface area contributed by atoms with E-state index in [4.69, 9.17) is 0 Å². The molecule has 0 fully saturated rings. The van der Waals surface area contributed by atoms with Crippen LogP contribution >= 0.6 is 58.3 Å². The highest BCUT2D eigenvalue weighted by Crippen LogP contribution is 2.38. The third-order valence-corrected chi connectivity index (χ3v) is 6.19. The molecule has 0 saturated heterocycles. The summed E-state index contributed by atoms with van der Waals surface area (Å²) in [6.07, 6.45) is 2.12. The molecular formula is C9H7IS3. The summed E-state index contributed by atoms with van der Waals surface area (Å²) in [7, 11) is 0. The van der Waals surface area contributed by atoms with Crippen molar-refractivity contribution in [2.24, 2.45) is 0 Å². The van der Waals surface area contributed by atoms with Crippen LogP contribution in [0.2, 0.25) is 0 Å². The Morgan fingerprint density at radius 2 is 2.23 bits per heavy atom. The molecule has 0 nitrogen and oxygen atoms in total. The smallest absolute Gasteiger partial charge is 0.0742 e. The van der Waals surface area contributed by atoms with E-state index in [2.05, 4.69) is 53.6 Å². The molecule has 0 aliphatic rings. The molecule has 13 heavy (non-hydrogen) atoms. The summed E-state index contributed by atoms with van der Waals surface area (Å²) in [6.45, 7) is 0. The Balaban J connectivity index is 2.77. The third kappa shape index (κ3) is 1.86. The van der Waals surface area contributed by atoms with Gasteiger partial charge < -0.3 is 0 Å². The van der Waals surface area contributed by atoms with Gasteiger partial charge in [0.15, 0.2) is 0 Å². The first-order valence-corrected chi connectivity index (χ1v) is 7.24. The molecule has 1 aromatic heterocycles. The Hall–Kier alpha value is 0.610. The molecule has 0 aliphatic carbocycles. The molecule has 1 aromatic carbocycles. The normalized spacial score (nSPS) is 11.0. The fourth-order valence-electron chi connectivity index (χ4n) is 1.16. The average Bonchev–Trinajstić information content (AvgIpc) is 2.44. The lowest BCUT2D eigenvalue weighted by Crippen LogP contribution is -1.69. The van der Waals surface area contributed by atoms with Gasteiger partial charge in [-0.25, -0.2) is 0 Å². The van der Waals surface area contributed by atoms with Crippen LogP contribution in [-0.2, 0) is 0 Å². The first kappa shape index (κ1) is 10.1. The molecule has 0 amide bonds. The SMILES string of the molecule is CSc1sc2ccc(S)cc2c1I. The monoisotopic (exact) mass is 338 g/mol. The van der Waals surface area contributed by atoms with Gasteiger partial charge in [-0.15, -0.1) is 35.7 Å². The van der Waals surface area contributed by atoms with E-state index in [1.165, 1.54) is 17.9 Å². The number of hydrogen-bond donors (Lipinski definition) is 1. The zero-order valence-corrected chi connectivity index (χ0v) is 11.6. The fraction of sp³-hybridized carbons (Fsp3) is 0.111. The van der Waals surface area contributed by atoms with Gasteiger partial charge in [0.25, 0.3) is 0 Å². The molecule has 0 N–H and O–H groups in total. The maximum Gasteiger partial charge on any atom is 0.0742 e. The molecule has 2 rings (SSSR count). The highest BCUT2D eigenvalue weighted by Gasteiger charge is 2.08. The fourth-order valence-corrected chi connectivity index (χ4v) is 4.69. The van der Waals surface area contributed by atoms with E-state index >= 15 is 0 Å². The van der Waals surface area contributed by atoms with Crippen LogP contribution in [0.25, 0.3) is 10.1 Å². The van der Waals surface area contributed by atoms with Crippen LogP contribution in [0, 0.1) is 3.57 Å². The molecule has 1 heterocycles. The molecule has 0 aliphatic heterocycles. The topological polar surface area (TPSA) is 0 Å². The van der Waals surface area contributed by atoms with E-state index in [1.54, 1.807) is 0 Å². The van der Waals surface area contributed by atoms with E-state index in [0.717, 1.165) is 4.90 Å². The molecule has 0 saturated carbocycles. The second kappa shape index (κ2) is 4.00. The van der Waals surface area contributed by atoms with Gasteiger partial charge in [-0.2, -0.15) is 0 Å². The second-order valence-electron chi connectivity index (χ2n) is 2.59. The average molecular weight is 338 g/mol. The van der Waals surface area contributed by atoms with Crippen molar-refractivity contribution in [1.29, 1.82) is 0 Å². The van der Waals surface area contributed by atoms with Gasteiger partial charge in [0.05, 0.1) is 4.21 Å². The summed E-state index contributed by atoms with van der Waals surface area (Å²) >= 11 is 10.4. The minimum Gasteiger partial charge on any atom is -0.143 e. The van der Waals surface area contributed by atoms with E-state index in [9.17, 15) is 0 Å². The van der Waals surface area contributed by atoms with Gasteiger partial charge in [0, 0.05) is 18.6 Å². The molecule has 4 heteroatoms. The number of fused-ring (bicyclic) bond motifs is 1. The molecule has 0 bridgehead atoms. The van der Waals surface area contributed by atoms with Crippen LogP contribution < -0.4 is 0 Å². The predicted molar refractivity (Wildman–Crippen MR) is 73.6 cm³/mol. The zero-order valence-electron chi connectivity index (χ0n) is 6.87. The van der Waals surface area contributed by atoms with Crippen molar-refractivity contribution in [2.75, 3.05) is 6.26 Å². The summed E-state index contributed by atoms with van der Waals surface area (Å²) in [5.74, 6) is 0. The van der Waals surface area contributed by atoms with Gasteiger partial charge in [0.1, 0.15) is 0 Å². The van der Waals surface area contributed by atoms with Crippen LogP contribution in [0.1, 0.15) is 0 Å². The van der Waals surface area contributed by atoms with Crippen molar-refractivity contribution in [3.63, 3.8) is 0 Å². The van der Waals surface area contributed by atoms with Crippen molar-refractivity contribution >= 4 is 68.4 Å². The van der Waals surface area contributed by atoms with Gasteiger partial charge >= 0.3 is 0 Å². The minimum absolute atomic E-state index is 1.04. The van der Waals surface area contributed by atoms with Crippen molar-refractivity contribution < 1.29 is 0 Å². The van der Waals surface area contributed by atoms with Crippen molar-refractivity contribution in [1.82, 2.24) is 0 Å². The molecule has 0 atom stereocenters. The molecule has 68 valence electrons. The van der Waals surface area contributed by atoms with E-state index in [-0.39, 0.29) is 0 Å². The van der Waals surface area contributed by atoms with Crippen molar-refractivity contribution in [3.05, 3.63) is 21.8 Å². The number of benzene rings is 1. The van der Waals surface area contributed by atoms with Gasteiger partial charge in [0.2, 0.25) is 0 Å². The molecule has 0 spiro atoms. The van der Waals surface area contributed by atoms with Crippen LogP contribution in [0.3, 0.4) is 0 Å². The number of thioether (sulfide) groups is 1. The maximum atomic E-state index is 4.34. The number of hydrogen-bond acceptors (Lipinski definition) is 3. The lowest BCUT2D eigenvalue weighted by molar-refractivity contribution is 1.53. The Morgan fingerprint density at radius 1 is 1.46 bits per heavy atom. The lowest BCUT2D eigenvalue weighted by atomic mass is 10.3. The lowest BCUT2D eigenvalue weighted by Gasteiger charge is -1.92. The Morgan fingerprint density at radius 3 is 2.92 bits per heavy atom. The molecule has 0 radical (unpaired) electrons. The molecule has 0 unspecified atom stereocenters. The number of thiol groups is 1. The maximum absolute atomic E-state index is 4.34. The third-order valence-electron chi connectivity index (χ3n) is 1.77. The first-order valence-electron chi connectivity index (χ1n) is 3.67. The van der Waals surface area contributed by atoms with E-state index < -0.39 is 0 Å². The van der Waals surface area contributed by atoms with Crippen LogP contribution in [0.4, 0.5) is 0 Å². The van der Waals surface area contributed by atoms with Gasteiger partial charge in [-0.05, 0) is 47.0 Å². The molecular weight excluding hydrogens is 331 g/mol. The van der Waals surface area contributed by atoms with Gasteiger partial charge in [-0.1, -0.05) is 0 Å². The quantitative estimate of drug-likeness (QED) is 0.453. The molecule has 2 aromatic rings. The summed E-state index contributed by atoms with van der Waals surface area (Å²) < 4.78 is 4.11. The summed E-state index contributed by atoms with van der Waals surface area (Å²) in [5.41, 5.74) is 0. The van der Waals surface area contributed by atoms with E-state index in [0.29, 0.717) is 0 Å².